The van der Waals surface area contributed by atoms with Gasteiger partial charge in [0.2, 0.25) is 0 Å². The normalized spacial score (nSPS) is 10.5. The fourth-order valence-electron chi connectivity index (χ4n) is 0.998. The number of rotatable bonds is 4. The second kappa shape index (κ2) is 3.86. The molecule has 0 fully saturated rings. The summed E-state index contributed by atoms with van der Waals surface area (Å²) >= 11 is 0. The lowest BCUT2D eigenvalue weighted by atomic mass is 10.5. The molecule has 0 atom stereocenters. The molecule has 0 aliphatic carbocycles. The van der Waals surface area contributed by atoms with Gasteiger partial charge in [-0.2, -0.15) is 0 Å². The van der Waals surface area contributed by atoms with Crippen LogP contribution < -0.4 is 0 Å². The van der Waals surface area contributed by atoms with Gasteiger partial charge in [-0.1, -0.05) is 0 Å². The molecule has 13 heavy (non-hydrogen) atoms. The predicted molar refractivity (Wildman–Crippen MR) is 45.7 cm³/mol. The topological polar surface area (TPSA) is 66.6 Å². The van der Waals surface area contributed by atoms with Crippen molar-refractivity contribution in [1.82, 2.24) is 19.9 Å². The van der Waals surface area contributed by atoms with Crippen molar-refractivity contribution in [1.29, 1.82) is 0 Å². The number of imidazole rings is 2. The van der Waals surface area contributed by atoms with Gasteiger partial charge in [0.25, 0.3) is 0 Å². The third-order valence-corrected chi connectivity index (χ3v) is 1.62. The van der Waals surface area contributed by atoms with Crippen molar-refractivity contribution in [2.45, 2.75) is 13.2 Å². The number of hydrogen-bond acceptors (Lipinski definition) is 3. The zero-order valence-electron chi connectivity index (χ0n) is 7.03. The van der Waals surface area contributed by atoms with Crippen LogP contribution in [0.25, 0.3) is 0 Å². The molecular weight excluding hydrogens is 168 g/mol. The highest BCUT2D eigenvalue weighted by molar-refractivity contribution is 4.93. The van der Waals surface area contributed by atoms with E-state index in [9.17, 15) is 0 Å². The van der Waals surface area contributed by atoms with Crippen LogP contribution in [0.3, 0.4) is 0 Å². The third-order valence-electron chi connectivity index (χ3n) is 1.62. The van der Waals surface area contributed by atoms with Gasteiger partial charge in [0.05, 0.1) is 49.6 Å². The highest BCUT2D eigenvalue weighted by atomic mass is 16.5. The SMILES string of the molecule is c1ncc(COCc2cnc[nH]2)[nH]1. The fourth-order valence-corrected chi connectivity index (χ4v) is 0.998. The highest BCUT2D eigenvalue weighted by Gasteiger charge is 1.95. The minimum Gasteiger partial charge on any atom is -0.369 e. The van der Waals surface area contributed by atoms with E-state index in [1.54, 1.807) is 25.0 Å². The predicted octanol–water partition coefficient (Wildman–Crippen LogP) is 0.850. The van der Waals surface area contributed by atoms with Gasteiger partial charge in [-0.15, -0.1) is 0 Å². The molecule has 5 heteroatoms. The number of aromatic nitrogens is 4. The Labute approximate surface area is 75.2 Å². The van der Waals surface area contributed by atoms with Gasteiger partial charge in [0.1, 0.15) is 0 Å². The van der Waals surface area contributed by atoms with Gasteiger partial charge in [0, 0.05) is 0 Å². The second-order valence-corrected chi connectivity index (χ2v) is 2.65. The molecule has 5 nitrogen and oxygen atoms in total. The van der Waals surface area contributed by atoms with Crippen LogP contribution in [0.15, 0.2) is 25.0 Å². The molecule has 2 N–H and O–H groups in total. The van der Waals surface area contributed by atoms with E-state index in [-0.39, 0.29) is 0 Å². The molecule has 0 saturated heterocycles. The first kappa shape index (κ1) is 8.00. The van der Waals surface area contributed by atoms with Crippen LogP contribution in [0.2, 0.25) is 0 Å². The zero-order valence-corrected chi connectivity index (χ0v) is 7.03. The number of H-pyrrole nitrogens is 2. The Morgan fingerprint density at radius 3 is 1.92 bits per heavy atom. The lowest BCUT2D eigenvalue weighted by molar-refractivity contribution is 0.102. The van der Waals surface area contributed by atoms with E-state index >= 15 is 0 Å². The number of aromatic amines is 2. The van der Waals surface area contributed by atoms with E-state index in [2.05, 4.69) is 19.9 Å². The molecule has 0 spiro atoms. The maximum absolute atomic E-state index is 5.38. The van der Waals surface area contributed by atoms with Crippen LogP contribution >= 0.6 is 0 Å². The summed E-state index contributed by atoms with van der Waals surface area (Å²) in [5.41, 5.74) is 1.94. The molecule has 2 aromatic rings. The van der Waals surface area contributed by atoms with Gasteiger partial charge in [0.15, 0.2) is 0 Å². The average Bonchev–Trinajstić information content (AvgIpc) is 2.75. The van der Waals surface area contributed by atoms with Crippen LogP contribution in [0, 0.1) is 0 Å². The molecule has 68 valence electrons. The largest absolute Gasteiger partial charge is 0.369 e. The van der Waals surface area contributed by atoms with Gasteiger partial charge in [-0.25, -0.2) is 9.97 Å². The monoisotopic (exact) mass is 178 g/mol. The van der Waals surface area contributed by atoms with Crippen LogP contribution in [0.1, 0.15) is 11.4 Å². The number of ether oxygens (including phenoxy) is 1. The lowest BCUT2D eigenvalue weighted by Gasteiger charge is -1.98. The van der Waals surface area contributed by atoms with Crippen molar-refractivity contribution in [2.75, 3.05) is 0 Å². The standard InChI is InChI=1S/C8H10N4O/c1-7(11-5-9-1)3-13-4-8-2-10-6-12-8/h1-2,5-6H,3-4H2,(H,9,11)(H,10,12). The maximum atomic E-state index is 5.38. The summed E-state index contributed by atoms with van der Waals surface area (Å²) in [6.07, 6.45) is 6.75. The Balaban J connectivity index is 1.76. The molecule has 0 amide bonds. The first-order valence-corrected chi connectivity index (χ1v) is 3.97. The highest BCUT2D eigenvalue weighted by Crippen LogP contribution is 1.99. The van der Waals surface area contributed by atoms with Crippen molar-refractivity contribution in [2.24, 2.45) is 0 Å². The van der Waals surface area contributed by atoms with E-state index in [1.807, 2.05) is 0 Å². The molecule has 2 heterocycles. The summed E-state index contributed by atoms with van der Waals surface area (Å²) in [6, 6.07) is 0. The third kappa shape index (κ3) is 2.16. The molecule has 0 saturated carbocycles. The Hall–Kier alpha value is -1.62. The van der Waals surface area contributed by atoms with Gasteiger partial charge >= 0.3 is 0 Å². The summed E-state index contributed by atoms with van der Waals surface area (Å²) in [5.74, 6) is 0. The minimum atomic E-state index is 0.541. The van der Waals surface area contributed by atoms with E-state index in [0.29, 0.717) is 13.2 Å². The van der Waals surface area contributed by atoms with Crippen LogP contribution in [0.4, 0.5) is 0 Å². The molecule has 0 unspecified atom stereocenters. The number of nitrogens with one attached hydrogen (secondary N) is 2. The first-order valence-electron chi connectivity index (χ1n) is 3.97. The molecule has 0 radical (unpaired) electrons. The van der Waals surface area contributed by atoms with Crippen molar-refractivity contribution in [3.63, 3.8) is 0 Å². The molecule has 0 aromatic carbocycles. The maximum Gasteiger partial charge on any atom is 0.0922 e. The Morgan fingerprint density at radius 2 is 1.54 bits per heavy atom. The summed E-state index contributed by atoms with van der Waals surface area (Å²) in [5, 5.41) is 0. The van der Waals surface area contributed by atoms with Crippen molar-refractivity contribution in [3.05, 3.63) is 36.4 Å². The summed E-state index contributed by atoms with van der Waals surface area (Å²) in [4.78, 5) is 13.7. The quantitative estimate of drug-likeness (QED) is 0.729. The molecule has 2 rings (SSSR count). The molecule has 0 aliphatic heterocycles. The Bertz CT molecular complexity index is 293. The summed E-state index contributed by atoms with van der Waals surface area (Å²) in [7, 11) is 0. The van der Waals surface area contributed by atoms with Crippen molar-refractivity contribution < 1.29 is 4.74 Å². The lowest BCUT2D eigenvalue weighted by Crippen LogP contribution is -1.94. The number of nitrogens with zero attached hydrogens (tertiary/aromatic N) is 2. The van der Waals surface area contributed by atoms with Crippen LogP contribution in [-0.2, 0) is 18.0 Å². The second-order valence-electron chi connectivity index (χ2n) is 2.65. The minimum absolute atomic E-state index is 0.541. The first-order chi connectivity index (χ1) is 6.45. The van der Waals surface area contributed by atoms with E-state index in [4.69, 9.17) is 4.74 Å². The van der Waals surface area contributed by atoms with Gasteiger partial charge < -0.3 is 14.7 Å². The smallest absolute Gasteiger partial charge is 0.0922 e. The van der Waals surface area contributed by atoms with Gasteiger partial charge in [-0.3, -0.25) is 0 Å². The summed E-state index contributed by atoms with van der Waals surface area (Å²) < 4.78 is 5.38. The van der Waals surface area contributed by atoms with Crippen molar-refractivity contribution >= 4 is 0 Å². The Kier molecular flexibility index (Phi) is 2.38. The molecular formula is C8H10N4O. The molecule has 0 aliphatic rings. The van der Waals surface area contributed by atoms with Crippen LogP contribution in [0.5, 0.6) is 0 Å². The molecule has 0 bridgehead atoms. The zero-order chi connectivity index (χ0) is 8.93. The van der Waals surface area contributed by atoms with Crippen LogP contribution in [-0.4, -0.2) is 19.9 Å². The Morgan fingerprint density at radius 1 is 1.00 bits per heavy atom. The van der Waals surface area contributed by atoms with E-state index < -0.39 is 0 Å². The number of hydrogen-bond donors (Lipinski definition) is 2. The molecule has 2 aromatic heterocycles. The van der Waals surface area contributed by atoms with E-state index in [0.717, 1.165) is 11.4 Å². The average molecular weight is 178 g/mol. The fraction of sp³-hybridized carbons (Fsp3) is 0.250. The van der Waals surface area contributed by atoms with E-state index in [1.165, 1.54) is 0 Å². The summed E-state index contributed by atoms with van der Waals surface area (Å²) in [6.45, 7) is 1.08. The van der Waals surface area contributed by atoms with Crippen molar-refractivity contribution in [3.8, 4) is 0 Å². The van der Waals surface area contributed by atoms with Gasteiger partial charge in [-0.05, 0) is 0 Å².